The van der Waals surface area contributed by atoms with Crippen LogP contribution in [-0.4, -0.2) is 44.4 Å². The molecule has 2 fully saturated rings. The number of carbonyl (C=O) groups excluding carboxylic acids is 2. The zero-order valence-electron chi connectivity index (χ0n) is 14.6. The molecule has 25 heavy (non-hydrogen) atoms. The first-order valence-electron chi connectivity index (χ1n) is 8.83. The van der Waals surface area contributed by atoms with E-state index >= 15 is 0 Å². The van der Waals surface area contributed by atoms with E-state index in [2.05, 4.69) is 15.3 Å². The van der Waals surface area contributed by atoms with Crippen LogP contribution >= 0.6 is 0 Å². The van der Waals surface area contributed by atoms with Gasteiger partial charge in [0.2, 0.25) is 0 Å². The number of hydrogen-bond donors (Lipinski definition) is 3. The molecule has 7 nitrogen and oxygen atoms in total. The Labute approximate surface area is 147 Å². The van der Waals surface area contributed by atoms with E-state index in [1.54, 1.807) is 0 Å². The Morgan fingerprint density at radius 2 is 2.08 bits per heavy atom. The Bertz CT molecular complexity index is 649. The standard InChI is InChI=1S/C17H24BN3O4/c1-10(2)7-13(18(24)25)11-8-12(11)15(22)17(3-4-17)21-16(23)14-9-19-5-6-20-14/h5-6,9-13,24-25H,3-4,7-8H2,1-2H3,(H,21,23)/t11?,12?,13-/m1/s1. The summed E-state index contributed by atoms with van der Waals surface area (Å²) in [5, 5.41) is 22.1. The summed E-state index contributed by atoms with van der Waals surface area (Å²) < 4.78 is 0. The van der Waals surface area contributed by atoms with Gasteiger partial charge in [-0.3, -0.25) is 14.6 Å². The summed E-state index contributed by atoms with van der Waals surface area (Å²) >= 11 is 0. The summed E-state index contributed by atoms with van der Waals surface area (Å²) in [5.74, 6) is -0.549. The van der Waals surface area contributed by atoms with Crippen LogP contribution in [0, 0.1) is 17.8 Å². The van der Waals surface area contributed by atoms with E-state index in [4.69, 9.17) is 0 Å². The first kappa shape index (κ1) is 18.0. The fourth-order valence-corrected chi connectivity index (χ4v) is 3.66. The Hall–Kier alpha value is -1.80. The van der Waals surface area contributed by atoms with Gasteiger partial charge in [-0.1, -0.05) is 13.8 Å². The van der Waals surface area contributed by atoms with Gasteiger partial charge in [0.05, 0.1) is 11.7 Å². The number of nitrogens with one attached hydrogen (secondary N) is 1. The molecule has 1 heterocycles. The van der Waals surface area contributed by atoms with E-state index in [9.17, 15) is 19.6 Å². The fourth-order valence-electron chi connectivity index (χ4n) is 3.66. The quantitative estimate of drug-likeness (QED) is 0.602. The van der Waals surface area contributed by atoms with Crippen LogP contribution in [0.2, 0.25) is 5.82 Å². The van der Waals surface area contributed by atoms with E-state index < -0.39 is 18.6 Å². The molecule has 3 rings (SSSR count). The molecule has 0 aliphatic heterocycles. The average Bonchev–Trinajstić information content (AvgIpc) is 3.48. The predicted octanol–water partition coefficient (Wildman–Crippen LogP) is 0.833. The Morgan fingerprint density at radius 3 is 2.60 bits per heavy atom. The molecule has 134 valence electrons. The van der Waals surface area contributed by atoms with Crippen molar-refractivity contribution in [3.63, 3.8) is 0 Å². The molecule has 0 saturated heterocycles. The molecule has 3 atom stereocenters. The van der Waals surface area contributed by atoms with Crippen LogP contribution in [0.3, 0.4) is 0 Å². The summed E-state index contributed by atoms with van der Waals surface area (Å²) in [6.07, 6.45) is 6.87. The fraction of sp³-hybridized carbons (Fsp3) is 0.647. The summed E-state index contributed by atoms with van der Waals surface area (Å²) in [6.45, 7) is 4.05. The minimum absolute atomic E-state index is 0.0132. The average molecular weight is 345 g/mol. The number of carbonyl (C=O) groups is 2. The van der Waals surface area contributed by atoms with E-state index in [0.29, 0.717) is 31.6 Å². The molecule has 1 amide bonds. The molecule has 0 spiro atoms. The van der Waals surface area contributed by atoms with Gasteiger partial charge in [0, 0.05) is 18.3 Å². The summed E-state index contributed by atoms with van der Waals surface area (Å²) in [7, 11) is -1.41. The molecule has 1 aromatic rings. The van der Waals surface area contributed by atoms with Crippen molar-refractivity contribution in [2.75, 3.05) is 0 Å². The lowest BCUT2D eigenvalue weighted by molar-refractivity contribution is -0.123. The number of amides is 1. The lowest BCUT2D eigenvalue weighted by Crippen LogP contribution is -2.44. The number of ketones is 1. The van der Waals surface area contributed by atoms with Gasteiger partial charge >= 0.3 is 7.12 Å². The summed E-state index contributed by atoms with van der Waals surface area (Å²) in [5.41, 5.74) is -0.617. The Balaban J connectivity index is 1.63. The topological polar surface area (TPSA) is 112 Å². The Morgan fingerprint density at radius 1 is 1.36 bits per heavy atom. The molecule has 1 aromatic heterocycles. The predicted molar refractivity (Wildman–Crippen MR) is 91.5 cm³/mol. The minimum atomic E-state index is -1.41. The van der Waals surface area contributed by atoms with Crippen LogP contribution in [0.25, 0.3) is 0 Å². The number of nitrogens with zero attached hydrogens (tertiary/aromatic N) is 2. The zero-order chi connectivity index (χ0) is 18.2. The molecular weight excluding hydrogens is 321 g/mol. The summed E-state index contributed by atoms with van der Waals surface area (Å²) in [4.78, 5) is 33.0. The van der Waals surface area contributed by atoms with Crippen LogP contribution in [0.15, 0.2) is 18.6 Å². The minimum Gasteiger partial charge on any atom is -0.427 e. The van der Waals surface area contributed by atoms with Crippen molar-refractivity contribution in [3.8, 4) is 0 Å². The highest BCUT2D eigenvalue weighted by molar-refractivity contribution is 6.43. The highest BCUT2D eigenvalue weighted by Gasteiger charge is 2.60. The van der Waals surface area contributed by atoms with Crippen LogP contribution in [0.5, 0.6) is 0 Å². The maximum atomic E-state index is 12.9. The van der Waals surface area contributed by atoms with Gasteiger partial charge < -0.3 is 15.4 Å². The van der Waals surface area contributed by atoms with Crippen molar-refractivity contribution in [1.82, 2.24) is 15.3 Å². The third kappa shape index (κ3) is 3.90. The first-order valence-corrected chi connectivity index (χ1v) is 8.83. The lowest BCUT2D eigenvalue weighted by Gasteiger charge is -2.20. The molecule has 3 N–H and O–H groups in total. The maximum absolute atomic E-state index is 12.9. The second kappa shape index (κ2) is 6.84. The molecular formula is C17H24BN3O4. The van der Waals surface area contributed by atoms with Crippen LogP contribution in [0.1, 0.15) is 50.0 Å². The van der Waals surface area contributed by atoms with Crippen molar-refractivity contribution in [3.05, 3.63) is 24.3 Å². The van der Waals surface area contributed by atoms with Crippen molar-refractivity contribution >= 4 is 18.8 Å². The zero-order valence-corrected chi connectivity index (χ0v) is 14.6. The van der Waals surface area contributed by atoms with E-state index in [-0.39, 0.29) is 29.1 Å². The molecule has 2 aliphatic rings. The van der Waals surface area contributed by atoms with Crippen molar-refractivity contribution in [1.29, 1.82) is 0 Å². The summed E-state index contributed by atoms with van der Waals surface area (Å²) in [6, 6.07) is 0. The normalized spacial score (nSPS) is 24.5. The van der Waals surface area contributed by atoms with Gasteiger partial charge in [0.15, 0.2) is 5.78 Å². The molecule has 2 unspecified atom stereocenters. The van der Waals surface area contributed by atoms with E-state index in [1.807, 2.05) is 13.8 Å². The number of Topliss-reactive ketones (excluding diaryl/α,β-unsaturated/α-hetero) is 1. The number of aromatic nitrogens is 2. The van der Waals surface area contributed by atoms with Crippen molar-refractivity contribution in [2.45, 2.75) is 50.9 Å². The van der Waals surface area contributed by atoms with Gasteiger partial charge in [-0.2, -0.15) is 0 Å². The molecule has 2 aliphatic carbocycles. The highest BCUT2D eigenvalue weighted by Crippen LogP contribution is 2.55. The van der Waals surface area contributed by atoms with Gasteiger partial charge in [0.1, 0.15) is 5.69 Å². The third-order valence-corrected chi connectivity index (χ3v) is 5.22. The second-order valence-electron chi connectivity index (χ2n) is 7.70. The van der Waals surface area contributed by atoms with Gasteiger partial charge in [-0.05, 0) is 43.3 Å². The number of rotatable bonds is 8. The molecule has 2 saturated carbocycles. The van der Waals surface area contributed by atoms with Crippen LogP contribution in [0.4, 0.5) is 0 Å². The van der Waals surface area contributed by atoms with Gasteiger partial charge in [-0.25, -0.2) is 4.98 Å². The largest absolute Gasteiger partial charge is 0.455 e. The first-order chi connectivity index (χ1) is 11.8. The van der Waals surface area contributed by atoms with Gasteiger partial charge in [0.25, 0.3) is 5.91 Å². The monoisotopic (exact) mass is 345 g/mol. The molecule has 8 heteroatoms. The molecule has 0 radical (unpaired) electrons. The number of hydrogen-bond acceptors (Lipinski definition) is 6. The highest BCUT2D eigenvalue weighted by atomic mass is 16.4. The third-order valence-electron chi connectivity index (χ3n) is 5.22. The van der Waals surface area contributed by atoms with Gasteiger partial charge in [-0.15, -0.1) is 0 Å². The van der Waals surface area contributed by atoms with E-state index in [0.717, 1.165) is 0 Å². The molecule has 0 aromatic carbocycles. The van der Waals surface area contributed by atoms with Crippen molar-refractivity contribution in [2.24, 2.45) is 17.8 Å². The Kier molecular flexibility index (Phi) is 4.93. The van der Waals surface area contributed by atoms with Crippen LogP contribution < -0.4 is 5.32 Å². The maximum Gasteiger partial charge on any atom is 0.455 e. The molecule has 0 bridgehead atoms. The van der Waals surface area contributed by atoms with E-state index in [1.165, 1.54) is 18.6 Å². The lowest BCUT2D eigenvalue weighted by atomic mass is 9.65. The SMILES string of the molecule is CC(C)C[C@@H](B(O)O)C1CC1C(=O)C1(NC(=O)c2cnccn2)CC1. The smallest absolute Gasteiger partial charge is 0.427 e. The van der Waals surface area contributed by atoms with Crippen molar-refractivity contribution < 1.29 is 19.6 Å². The van der Waals surface area contributed by atoms with Crippen LogP contribution in [-0.2, 0) is 4.79 Å². The second-order valence-corrected chi connectivity index (χ2v) is 7.70.